The number of hydrogen-bond donors (Lipinski definition) is 2. The van der Waals surface area contributed by atoms with Crippen LogP contribution in [0.4, 0.5) is 0 Å². The fraction of sp³-hybridized carbons (Fsp3) is 0.571. The summed E-state index contributed by atoms with van der Waals surface area (Å²) in [6.45, 7) is 0. The van der Waals surface area contributed by atoms with E-state index in [-0.39, 0.29) is 12.8 Å². The Kier molecular flexibility index (Phi) is 4.67. The number of aliphatic carboxylic acids is 1. The Bertz CT molecular complexity index is 200. The molecule has 0 rings (SSSR count). The Morgan fingerprint density at radius 2 is 1.58 bits per heavy atom. The third-order valence-electron chi connectivity index (χ3n) is 1.32. The highest BCUT2D eigenvalue weighted by Gasteiger charge is 2.09. The van der Waals surface area contributed by atoms with Gasteiger partial charge < -0.3 is 10.8 Å². The van der Waals surface area contributed by atoms with Crippen molar-refractivity contribution in [2.75, 3.05) is 0 Å². The van der Waals surface area contributed by atoms with E-state index in [0.717, 1.165) is 0 Å². The van der Waals surface area contributed by atoms with Gasteiger partial charge in [-0.15, -0.1) is 0 Å². The number of amides is 1. The van der Waals surface area contributed by atoms with E-state index in [4.69, 9.17) is 10.8 Å². The summed E-state index contributed by atoms with van der Waals surface area (Å²) < 4.78 is 0. The number of unbranched alkanes of at least 4 members (excludes halogenated alkanes) is 1. The van der Waals surface area contributed by atoms with Crippen LogP contribution in [-0.2, 0) is 14.4 Å². The number of carbonyl (C=O) groups is 3. The lowest BCUT2D eigenvalue weighted by Gasteiger charge is -1.94. The SMILES string of the molecule is NC(=O)CCCCC(=O)C(=O)O. The highest BCUT2D eigenvalue weighted by atomic mass is 16.4. The smallest absolute Gasteiger partial charge is 0.372 e. The maximum absolute atomic E-state index is 10.5. The summed E-state index contributed by atoms with van der Waals surface area (Å²) in [5.74, 6) is -2.67. The van der Waals surface area contributed by atoms with E-state index in [0.29, 0.717) is 12.8 Å². The van der Waals surface area contributed by atoms with Gasteiger partial charge in [0.2, 0.25) is 11.7 Å². The van der Waals surface area contributed by atoms with Crippen molar-refractivity contribution in [3.05, 3.63) is 0 Å². The molecule has 0 fully saturated rings. The van der Waals surface area contributed by atoms with Gasteiger partial charge in [0.05, 0.1) is 0 Å². The molecule has 3 N–H and O–H groups in total. The van der Waals surface area contributed by atoms with Gasteiger partial charge in [0, 0.05) is 12.8 Å². The number of primary amides is 1. The standard InChI is InChI=1S/C7H11NO4/c8-6(10)4-2-1-3-5(9)7(11)12/h1-4H2,(H2,8,10)(H,11,12). The summed E-state index contributed by atoms with van der Waals surface area (Å²) >= 11 is 0. The predicted octanol–water partition coefficient (Wildman–Crippen LogP) is -0.314. The summed E-state index contributed by atoms with van der Waals surface area (Å²) in [4.78, 5) is 30.7. The molecule has 0 spiro atoms. The van der Waals surface area contributed by atoms with Crippen LogP contribution < -0.4 is 5.73 Å². The fourth-order valence-corrected chi connectivity index (χ4v) is 0.692. The minimum absolute atomic E-state index is 0.0252. The van der Waals surface area contributed by atoms with Crippen LogP contribution in [0.1, 0.15) is 25.7 Å². The average Bonchev–Trinajstić information content (AvgIpc) is 1.97. The van der Waals surface area contributed by atoms with Crippen molar-refractivity contribution in [1.29, 1.82) is 0 Å². The summed E-state index contributed by atoms with van der Waals surface area (Å²) in [6.07, 6.45) is 1.04. The van der Waals surface area contributed by atoms with Crippen LogP contribution in [0.2, 0.25) is 0 Å². The number of rotatable bonds is 6. The van der Waals surface area contributed by atoms with E-state index >= 15 is 0 Å². The Morgan fingerprint density at radius 3 is 2.00 bits per heavy atom. The first-order chi connectivity index (χ1) is 5.54. The molecular weight excluding hydrogens is 162 g/mol. The second-order valence-electron chi connectivity index (χ2n) is 2.40. The van der Waals surface area contributed by atoms with Gasteiger partial charge in [0.15, 0.2) is 0 Å². The minimum Gasteiger partial charge on any atom is -0.476 e. The molecule has 5 heteroatoms. The first-order valence-corrected chi connectivity index (χ1v) is 3.58. The highest BCUT2D eigenvalue weighted by molar-refractivity contribution is 6.32. The molecule has 12 heavy (non-hydrogen) atoms. The number of nitrogens with two attached hydrogens (primary N) is 1. The molecule has 0 aromatic carbocycles. The fourth-order valence-electron chi connectivity index (χ4n) is 0.692. The predicted molar refractivity (Wildman–Crippen MR) is 40.3 cm³/mol. The van der Waals surface area contributed by atoms with E-state index in [1.54, 1.807) is 0 Å². The summed E-state index contributed by atoms with van der Waals surface area (Å²) in [6, 6.07) is 0. The largest absolute Gasteiger partial charge is 0.476 e. The quantitative estimate of drug-likeness (QED) is 0.425. The third kappa shape index (κ3) is 5.40. The first-order valence-electron chi connectivity index (χ1n) is 3.58. The monoisotopic (exact) mass is 173 g/mol. The minimum atomic E-state index is -1.42. The van der Waals surface area contributed by atoms with Crippen molar-refractivity contribution in [2.45, 2.75) is 25.7 Å². The zero-order valence-electron chi connectivity index (χ0n) is 6.58. The molecule has 1 amide bonds. The van der Waals surface area contributed by atoms with Gasteiger partial charge in [-0.25, -0.2) is 4.79 Å². The number of ketones is 1. The van der Waals surface area contributed by atoms with Gasteiger partial charge in [-0.3, -0.25) is 9.59 Å². The van der Waals surface area contributed by atoms with Crippen LogP contribution in [0.25, 0.3) is 0 Å². The van der Waals surface area contributed by atoms with Crippen molar-refractivity contribution in [3.8, 4) is 0 Å². The number of carboxylic acid groups (broad SMARTS) is 1. The zero-order valence-corrected chi connectivity index (χ0v) is 6.58. The molecule has 5 nitrogen and oxygen atoms in total. The number of Topliss-reactive ketones (excluding diaryl/α,β-unsaturated/α-hetero) is 1. The van der Waals surface area contributed by atoms with Crippen molar-refractivity contribution < 1.29 is 19.5 Å². The van der Waals surface area contributed by atoms with Gasteiger partial charge in [0.25, 0.3) is 0 Å². The summed E-state index contributed by atoms with van der Waals surface area (Å²) in [5, 5.41) is 8.15. The summed E-state index contributed by atoms with van der Waals surface area (Å²) in [5.41, 5.74) is 4.83. The van der Waals surface area contributed by atoms with Crippen LogP contribution >= 0.6 is 0 Å². The molecule has 0 saturated carbocycles. The molecule has 0 aliphatic heterocycles. The molecule has 68 valence electrons. The molecule has 0 radical (unpaired) electrons. The Labute approximate surface area is 69.5 Å². The van der Waals surface area contributed by atoms with Crippen LogP contribution in [0, 0.1) is 0 Å². The number of carboxylic acids is 1. The Hall–Kier alpha value is -1.39. The highest BCUT2D eigenvalue weighted by Crippen LogP contribution is 1.99. The van der Waals surface area contributed by atoms with E-state index in [9.17, 15) is 14.4 Å². The average molecular weight is 173 g/mol. The van der Waals surface area contributed by atoms with Gasteiger partial charge >= 0.3 is 5.97 Å². The molecule has 0 unspecified atom stereocenters. The molecular formula is C7H11NO4. The maximum Gasteiger partial charge on any atom is 0.372 e. The van der Waals surface area contributed by atoms with Crippen molar-refractivity contribution >= 4 is 17.7 Å². The number of carbonyl (C=O) groups excluding carboxylic acids is 2. The molecule has 0 aliphatic rings. The number of hydrogen-bond acceptors (Lipinski definition) is 3. The topological polar surface area (TPSA) is 97.5 Å². The van der Waals surface area contributed by atoms with E-state index in [1.807, 2.05) is 0 Å². The lowest BCUT2D eigenvalue weighted by atomic mass is 10.1. The van der Waals surface area contributed by atoms with Crippen LogP contribution in [-0.4, -0.2) is 22.8 Å². The van der Waals surface area contributed by atoms with Gasteiger partial charge in [-0.05, 0) is 12.8 Å². The molecule has 0 aromatic rings. The molecule has 0 bridgehead atoms. The van der Waals surface area contributed by atoms with E-state index in [1.165, 1.54) is 0 Å². The van der Waals surface area contributed by atoms with E-state index in [2.05, 4.69) is 0 Å². The van der Waals surface area contributed by atoms with Crippen molar-refractivity contribution in [2.24, 2.45) is 5.73 Å². The van der Waals surface area contributed by atoms with E-state index < -0.39 is 17.7 Å². The van der Waals surface area contributed by atoms with Crippen LogP contribution in [0.5, 0.6) is 0 Å². The summed E-state index contributed by atoms with van der Waals surface area (Å²) in [7, 11) is 0. The Morgan fingerprint density at radius 1 is 1.08 bits per heavy atom. The second kappa shape index (κ2) is 5.29. The van der Waals surface area contributed by atoms with Gasteiger partial charge in [-0.1, -0.05) is 0 Å². The van der Waals surface area contributed by atoms with Crippen molar-refractivity contribution in [3.63, 3.8) is 0 Å². The lowest BCUT2D eigenvalue weighted by molar-refractivity contribution is -0.149. The van der Waals surface area contributed by atoms with Crippen molar-refractivity contribution in [1.82, 2.24) is 0 Å². The Balaban J connectivity index is 3.38. The van der Waals surface area contributed by atoms with Gasteiger partial charge in [0.1, 0.15) is 0 Å². The molecule has 0 saturated heterocycles. The third-order valence-corrected chi connectivity index (χ3v) is 1.32. The second-order valence-corrected chi connectivity index (χ2v) is 2.40. The van der Waals surface area contributed by atoms with Gasteiger partial charge in [-0.2, -0.15) is 0 Å². The molecule has 0 atom stereocenters. The maximum atomic E-state index is 10.5. The molecule has 0 aromatic heterocycles. The first kappa shape index (κ1) is 10.6. The lowest BCUT2D eigenvalue weighted by Crippen LogP contribution is -2.13. The van der Waals surface area contributed by atoms with Crippen LogP contribution in [0.3, 0.4) is 0 Å². The molecule has 0 aliphatic carbocycles. The molecule has 0 heterocycles. The van der Waals surface area contributed by atoms with Crippen LogP contribution in [0.15, 0.2) is 0 Å². The zero-order chi connectivity index (χ0) is 9.56. The normalized spacial score (nSPS) is 9.33.